The summed E-state index contributed by atoms with van der Waals surface area (Å²) in [5.41, 5.74) is 0.468. The number of benzene rings is 1. The maximum atomic E-state index is 13.1. The molecule has 17 heavy (non-hydrogen) atoms. The molecule has 2 aliphatic carbocycles. The van der Waals surface area contributed by atoms with Crippen molar-refractivity contribution in [3.63, 3.8) is 0 Å². The molecule has 88 valence electrons. The number of nitriles is 1. The molecule has 0 bridgehead atoms. The van der Waals surface area contributed by atoms with E-state index in [0.717, 1.165) is 17.7 Å². The third-order valence-electron chi connectivity index (χ3n) is 4.05. The van der Waals surface area contributed by atoms with E-state index in [1.807, 2.05) is 6.07 Å². The fourth-order valence-electron chi connectivity index (χ4n) is 3.12. The van der Waals surface area contributed by atoms with E-state index in [9.17, 15) is 9.65 Å². The van der Waals surface area contributed by atoms with Crippen molar-refractivity contribution in [3.05, 3.63) is 30.1 Å². The molecule has 0 aromatic heterocycles. The number of halogens is 1. The Morgan fingerprint density at radius 2 is 2.06 bits per heavy atom. The maximum absolute atomic E-state index is 13.1. The zero-order valence-electron chi connectivity index (χ0n) is 9.58. The Hall–Kier alpha value is -1.01. The number of hydrogen-bond donors (Lipinski definition) is 0. The van der Waals surface area contributed by atoms with Crippen LogP contribution < -0.4 is 0 Å². The first-order chi connectivity index (χ1) is 8.15. The van der Waals surface area contributed by atoms with Gasteiger partial charge < -0.3 is 0 Å². The topological polar surface area (TPSA) is 23.8 Å². The second-order valence-corrected chi connectivity index (χ2v) is 6.83. The average molecular weight is 247 g/mol. The summed E-state index contributed by atoms with van der Waals surface area (Å²) < 4.78 is 12.8. The van der Waals surface area contributed by atoms with Gasteiger partial charge in [0.15, 0.2) is 0 Å². The summed E-state index contributed by atoms with van der Waals surface area (Å²) in [5, 5.41) is 9.35. The molecular formula is C14H14FNS. The number of rotatable bonds is 2. The van der Waals surface area contributed by atoms with Gasteiger partial charge in [-0.2, -0.15) is 5.26 Å². The summed E-state index contributed by atoms with van der Waals surface area (Å²) in [6.07, 6.45) is 5.84. The Morgan fingerprint density at radius 1 is 1.29 bits per heavy atom. The fourth-order valence-corrected chi connectivity index (χ4v) is 4.69. The minimum absolute atomic E-state index is 0.222. The molecule has 2 fully saturated rings. The van der Waals surface area contributed by atoms with E-state index in [1.165, 1.54) is 31.4 Å². The number of thioether (sulfide) groups is 1. The molecule has 0 saturated heterocycles. The summed E-state index contributed by atoms with van der Waals surface area (Å²) >= 11 is 1.54. The van der Waals surface area contributed by atoms with Crippen molar-refractivity contribution in [2.24, 2.45) is 5.41 Å². The van der Waals surface area contributed by atoms with Gasteiger partial charge in [0.05, 0.1) is 6.07 Å². The van der Waals surface area contributed by atoms with Gasteiger partial charge in [-0.1, -0.05) is 12.5 Å². The predicted octanol–water partition coefficient (Wildman–Crippen LogP) is 4.14. The van der Waals surface area contributed by atoms with Crippen LogP contribution in [0.2, 0.25) is 0 Å². The van der Waals surface area contributed by atoms with E-state index in [2.05, 4.69) is 6.07 Å². The summed E-state index contributed by atoms with van der Waals surface area (Å²) in [7, 11) is 0. The van der Waals surface area contributed by atoms with Gasteiger partial charge in [-0.25, -0.2) is 4.39 Å². The lowest BCUT2D eigenvalue weighted by Crippen LogP contribution is -2.52. The lowest BCUT2D eigenvalue weighted by Gasteiger charge is -2.57. The standard InChI is InChI=1S/C14H14FNS/c15-11-3-1-4-12(7-11)17-14(10-16)8-13(9-14)5-2-6-13/h1,3-4,7H,2,5-6,8-9H2. The van der Waals surface area contributed by atoms with E-state index < -0.39 is 0 Å². The van der Waals surface area contributed by atoms with Crippen molar-refractivity contribution in [2.75, 3.05) is 0 Å². The van der Waals surface area contributed by atoms with Crippen LogP contribution in [0.3, 0.4) is 0 Å². The van der Waals surface area contributed by atoms with E-state index in [4.69, 9.17) is 0 Å². The van der Waals surface area contributed by atoms with E-state index in [1.54, 1.807) is 17.8 Å². The molecular weight excluding hydrogens is 233 g/mol. The minimum atomic E-state index is -0.297. The van der Waals surface area contributed by atoms with Crippen LogP contribution in [-0.4, -0.2) is 4.75 Å². The lowest BCUT2D eigenvalue weighted by atomic mass is 9.52. The number of hydrogen-bond acceptors (Lipinski definition) is 2. The highest BCUT2D eigenvalue weighted by Gasteiger charge is 2.58. The van der Waals surface area contributed by atoms with E-state index in [0.29, 0.717) is 5.41 Å². The van der Waals surface area contributed by atoms with Gasteiger partial charge in [-0.3, -0.25) is 0 Å². The largest absolute Gasteiger partial charge is 0.207 e. The molecule has 1 aromatic carbocycles. The van der Waals surface area contributed by atoms with Crippen LogP contribution >= 0.6 is 11.8 Å². The third-order valence-corrected chi connectivity index (χ3v) is 5.31. The summed E-state index contributed by atoms with van der Waals surface area (Å²) in [5.74, 6) is -0.222. The molecule has 0 aliphatic heterocycles. The lowest BCUT2D eigenvalue weighted by molar-refractivity contribution is 0.0152. The zero-order chi connectivity index (χ0) is 11.9. The molecule has 0 N–H and O–H groups in total. The Kier molecular flexibility index (Phi) is 2.45. The highest BCUT2D eigenvalue weighted by atomic mass is 32.2. The molecule has 2 saturated carbocycles. The first-order valence-corrected chi connectivity index (χ1v) is 6.83. The highest BCUT2D eigenvalue weighted by molar-refractivity contribution is 8.01. The van der Waals surface area contributed by atoms with Crippen molar-refractivity contribution in [1.29, 1.82) is 5.26 Å². The molecule has 1 nitrogen and oxygen atoms in total. The molecule has 0 heterocycles. The van der Waals surface area contributed by atoms with Gasteiger partial charge in [-0.05, 0) is 49.3 Å². The molecule has 1 aromatic rings. The van der Waals surface area contributed by atoms with Crippen molar-refractivity contribution < 1.29 is 4.39 Å². The molecule has 0 atom stereocenters. The molecule has 0 amide bonds. The number of nitrogens with zero attached hydrogens (tertiary/aromatic N) is 1. The van der Waals surface area contributed by atoms with Crippen molar-refractivity contribution in [2.45, 2.75) is 41.7 Å². The Bertz CT molecular complexity index is 479. The predicted molar refractivity (Wildman–Crippen MR) is 66.1 cm³/mol. The smallest absolute Gasteiger partial charge is 0.124 e. The van der Waals surface area contributed by atoms with E-state index >= 15 is 0 Å². The SMILES string of the molecule is N#CC1(Sc2cccc(F)c2)CC2(CCC2)C1. The second kappa shape index (κ2) is 3.74. The Morgan fingerprint density at radius 3 is 2.59 bits per heavy atom. The maximum Gasteiger partial charge on any atom is 0.124 e. The monoisotopic (exact) mass is 247 g/mol. The quantitative estimate of drug-likeness (QED) is 0.784. The van der Waals surface area contributed by atoms with Crippen molar-refractivity contribution >= 4 is 11.8 Å². The first-order valence-electron chi connectivity index (χ1n) is 6.01. The van der Waals surface area contributed by atoms with E-state index in [-0.39, 0.29) is 10.6 Å². The van der Waals surface area contributed by atoms with Crippen molar-refractivity contribution in [1.82, 2.24) is 0 Å². The summed E-state index contributed by atoms with van der Waals surface area (Å²) in [4.78, 5) is 0.876. The molecule has 0 radical (unpaired) electrons. The fraction of sp³-hybridized carbons (Fsp3) is 0.500. The molecule has 0 unspecified atom stereocenters. The highest BCUT2D eigenvalue weighted by Crippen LogP contribution is 2.65. The van der Waals surface area contributed by atoms with Gasteiger partial charge in [0, 0.05) is 4.90 Å². The second-order valence-electron chi connectivity index (χ2n) is 5.37. The van der Waals surface area contributed by atoms with Crippen LogP contribution in [0.4, 0.5) is 4.39 Å². The Labute approximate surface area is 105 Å². The van der Waals surface area contributed by atoms with Crippen LogP contribution in [0, 0.1) is 22.6 Å². The van der Waals surface area contributed by atoms with Crippen molar-refractivity contribution in [3.8, 4) is 6.07 Å². The summed E-state index contributed by atoms with van der Waals surface area (Å²) in [6.45, 7) is 0. The van der Waals surface area contributed by atoms with Crippen LogP contribution in [0.25, 0.3) is 0 Å². The van der Waals surface area contributed by atoms with Gasteiger partial charge in [0.2, 0.25) is 0 Å². The van der Waals surface area contributed by atoms with Crippen LogP contribution in [-0.2, 0) is 0 Å². The van der Waals surface area contributed by atoms with Crippen LogP contribution in [0.15, 0.2) is 29.2 Å². The minimum Gasteiger partial charge on any atom is -0.207 e. The molecule has 1 spiro atoms. The molecule has 3 rings (SSSR count). The molecule has 3 heteroatoms. The normalized spacial score (nSPS) is 23.5. The first kappa shape index (κ1) is 11.1. The van der Waals surface area contributed by atoms with Crippen LogP contribution in [0.1, 0.15) is 32.1 Å². The van der Waals surface area contributed by atoms with Gasteiger partial charge in [0.25, 0.3) is 0 Å². The summed E-state index contributed by atoms with van der Waals surface area (Å²) in [6, 6.07) is 9.01. The van der Waals surface area contributed by atoms with Gasteiger partial charge >= 0.3 is 0 Å². The zero-order valence-corrected chi connectivity index (χ0v) is 10.4. The Balaban J connectivity index is 1.74. The van der Waals surface area contributed by atoms with Gasteiger partial charge in [0.1, 0.15) is 10.6 Å². The molecule has 2 aliphatic rings. The van der Waals surface area contributed by atoms with Gasteiger partial charge in [-0.15, -0.1) is 11.8 Å². The third kappa shape index (κ3) is 1.85. The average Bonchev–Trinajstić information content (AvgIpc) is 2.20. The van der Waals surface area contributed by atoms with Crippen LogP contribution in [0.5, 0.6) is 0 Å².